The molecule has 2 heteroatoms. The van der Waals surface area contributed by atoms with E-state index in [-0.39, 0.29) is 29.6 Å². The van der Waals surface area contributed by atoms with Crippen LogP contribution in [-0.2, 0) is 0 Å². The second-order valence-electron chi connectivity index (χ2n) is 0.447. The van der Waals surface area contributed by atoms with Gasteiger partial charge < -0.3 is 0 Å². The van der Waals surface area contributed by atoms with Crippen molar-refractivity contribution in [2.75, 3.05) is 0 Å². The standard InChI is InChI=1S/C2H6As.Na/c1-3-2;/h1-2H3;. The Hall–Kier alpha value is 1.56. The van der Waals surface area contributed by atoms with Crippen molar-refractivity contribution in [1.29, 1.82) is 0 Å². The van der Waals surface area contributed by atoms with Gasteiger partial charge in [-0.05, 0) is 0 Å². The van der Waals surface area contributed by atoms with Gasteiger partial charge in [-0.2, -0.15) is 0 Å². The quantitative estimate of drug-likeness (QED) is 0.414. The Morgan fingerprint density at radius 2 is 1.25 bits per heavy atom. The van der Waals surface area contributed by atoms with E-state index in [0.717, 1.165) is 0 Å². The summed E-state index contributed by atoms with van der Waals surface area (Å²) in [6, 6.07) is 0. The second-order valence-corrected chi connectivity index (χ2v) is 2.32. The Morgan fingerprint density at radius 3 is 1.25 bits per heavy atom. The van der Waals surface area contributed by atoms with Gasteiger partial charge in [0, 0.05) is 29.6 Å². The summed E-state index contributed by atoms with van der Waals surface area (Å²) in [5.41, 5.74) is 4.44. The van der Waals surface area contributed by atoms with Crippen molar-refractivity contribution in [1.82, 2.24) is 0 Å². The third-order valence-electron chi connectivity index (χ3n) is 0. The average molecular weight is 128 g/mol. The molecular formula is C2H6AsNa. The Bertz CT molecular complexity index is 6.00. The molecule has 0 nitrogen and oxygen atoms in total. The van der Waals surface area contributed by atoms with Crippen molar-refractivity contribution >= 4 is 45.3 Å². The Kier molecular flexibility index (Phi) is 20.1. The van der Waals surface area contributed by atoms with E-state index in [4.69, 9.17) is 0 Å². The molecule has 0 saturated carbocycles. The normalized spacial score (nSPS) is 4.50. The molecule has 0 heterocycles. The zero-order valence-corrected chi connectivity index (χ0v) is 7.32. The first-order chi connectivity index (χ1) is 1.41. The van der Waals surface area contributed by atoms with E-state index in [1.165, 1.54) is 0 Å². The van der Waals surface area contributed by atoms with E-state index >= 15 is 0 Å². The number of hydrogen-bond donors (Lipinski definition) is 0. The molecular weight excluding hydrogens is 122 g/mol. The van der Waals surface area contributed by atoms with Crippen molar-refractivity contribution < 1.29 is 0 Å². The van der Waals surface area contributed by atoms with Gasteiger partial charge in [-0.15, -0.1) is 0 Å². The van der Waals surface area contributed by atoms with Gasteiger partial charge in [0.2, 0.25) is 0 Å². The molecule has 0 aliphatic heterocycles. The Labute approximate surface area is 56.3 Å². The smallest absolute Gasteiger partial charge is 0 e. The SMILES string of the molecule is C[As]C.[Na]. The molecule has 0 aliphatic carbocycles. The summed E-state index contributed by atoms with van der Waals surface area (Å²) in [6.45, 7) is 0. The summed E-state index contributed by atoms with van der Waals surface area (Å²) in [5.74, 6) is 0. The number of hydrogen-bond acceptors (Lipinski definition) is 0. The maximum Gasteiger partial charge on any atom is 0 e. The first kappa shape index (κ1) is 9.12. The molecule has 0 atom stereocenters. The Morgan fingerprint density at radius 1 is 1.25 bits per heavy atom. The zero-order valence-electron chi connectivity index (χ0n) is 3.45. The molecule has 0 rings (SSSR count). The van der Waals surface area contributed by atoms with Gasteiger partial charge in [0.1, 0.15) is 0 Å². The van der Waals surface area contributed by atoms with Gasteiger partial charge in [-0.25, -0.2) is 0 Å². The monoisotopic (exact) mass is 128 g/mol. The van der Waals surface area contributed by atoms with E-state index in [0.29, 0.717) is 15.8 Å². The predicted octanol–water partition coefficient (Wildman–Crippen LogP) is 0.406. The van der Waals surface area contributed by atoms with E-state index in [1.807, 2.05) is 0 Å². The molecule has 20 valence electrons. The van der Waals surface area contributed by atoms with Crippen molar-refractivity contribution in [3.63, 3.8) is 0 Å². The van der Waals surface area contributed by atoms with Crippen LogP contribution >= 0.6 is 0 Å². The average Bonchev–Trinajstić information content (AvgIpc) is 0.918. The Balaban J connectivity index is 0. The summed E-state index contributed by atoms with van der Waals surface area (Å²) >= 11 is 0.688. The second kappa shape index (κ2) is 8.82. The van der Waals surface area contributed by atoms with Gasteiger partial charge in [0.25, 0.3) is 0 Å². The molecule has 4 heavy (non-hydrogen) atoms. The summed E-state index contributed by atoms with van der Waals surface area (Å²) < 4.78 is 0. The first-order valence-electron chi connectivity index (χ1n) is 0.894. The van der Waals surface area contributed by atoms with E-state index in [9.17, 15) is 0 Å². The molecule has 2 radical (unpaired) electrons. The maximum absolute atomic E-state index is 2.22. The van der Waals surface area contributed by atoms with Crippen LogP contribution in [0.3, 0.4) is 0 Å². The number of rotatable bonds is 0. The minimum atomic E-state index is 0. The fourth-order valence-electron chi connectivity index (χ4n) is 0. The van der Waals surface area contributed by atoms with Crippen LogP contribution in [0.4, 0.5) is 0 Å². The molecule has 0 saturated heterocycles. The molecule has 0 aromatic heterocycles. The van der Waals surface area contributed by atoms with Crippen LogP contribution in [0.1, 0.15) is 0 Å². The fraction of sp³-hybridized carbons (Fsp3) is 1.00. The molecule has 0 aromatic carbocycles. The fourth-order valence-corrected chi connectivity index (χ4v) is 0. The molecule has 0 aromatic rings. The van der Waals surface area contributed by atoms with Gasteiger partial charge in [0.05, 0.1) is 0 Å². The van der Waals surface area contributed by atoms with Crippen LogP contribution in [0.5, 0.6) is 0 Å². The molecule has 0 amide bonds. The van der Waals surface area contributed by atoms with Gasteiger partial charge >= 0.3 is 27.2 Å². The van der Waals surface area contributed by atoms with Crippen LogP contribution in [0, 0.1) is 0 Å². The van der Waals surface area contributed by atoms with Gasteiger partial charge in [0.15, 0.2) is 0 Å². The van der Waals surface area contributed by atoms with Crippen LogP contribution in [-0.4, -0.2) is 45.3 Å². The van der Waals surface area contributed by atoms with Crippen LogP contribution < -0.4 is 0 Å². The molecule has 0 spiro atoms. The summed E-state index contributed by atoms with van der Waals surface area (Å²) in [5, 5.41) is 0. The van der Waals surface area contributed by atoms with Crippen molar-refractivity contribution in [2.45, 2.75) is 11.4 Å². The summed E-state index contributed by atoms with van der Waals surface area (Å²) in [7, 11) is 0. The molecule has 0 aliphatic rings. The largest absolute Gasteiger partial charge is 0 e. The summed E-state index contributed by atoms with van der Waals surface area (Å²) in [6.07, 6.45) is 0. The first-order valence-corrected chi connectivity index (χ1v) is 4.65. The predicted molar refractivity (Wildman–Crippen MR) is 23.2 cm³/mol. The van der Waals surface area contributed by atoms with Crippen LogP contribution in [0.15, 0.2) is 0 Å². The molecule has 0 N–H and O–H groups in total. The van der Waals surface area contributed by atoms with Gasteiger partial charge in [-0.3, -0.25) is 0 Å². The van der Waals surface area contributed by atoms with Crippen LogP contribution in [0.2, 0.25) is 11.4 Å². The maximum atomic E-state index is 2.22. The third kappa shape index (κ3) is 9.59. The van der Waals surface area contributed by atoms with E-state index in [2.05, 4.69) is 11.4 Å². The molecule has 0 fully saturated rings. The summed E-state index contributed by atoms with van der Waals surface area (Å²) in [4.78, 5) is 0. The van der Waals surface area contributed by atoms with Crippen molar-refractivity contribution in [2.24, 2.45) is 0 Å². The topological polar surface area (TPSA) is 0 Å². The van der Waals surface area contributed by atoms with Crippen molar-refractivity contribution in [3.05, 3.63) is 0 Å². The van der Waals surface area contributed by atoms with Gasteiger partial charge in [-0.1, -0.05) is 0 Å². The molecule has 0 bridgehead atoms. The third-order valence-corrected chi connectivity index (χ3v) is 0. The van der Waals surface area contributed by atoms with Crippen LogP contribution in [0.25, 0.3) is 0 Å². The molecule has 0 unspecified atom stereocenters. The van der Waals surface area contributed by atoms with E-state index in [1.54, 1.807) is 0 Å². The van der Waals surface area contributed by atoms with E-state index < -0.39 is 0 Å². The zero-order chi connectivity index (χ0) is 2.71. The van der Waals surface area contributed by atoms with Crippen molar-refractivity contribution in [3.8, 4) is 0 Å². The minimum absolute atomic E-state index is 0. The minimum Gasteiger partial charge on any atom is 0 e.